The van der Waals surface area contributed by atoms with Crippen LogP contribution in [0.2, 0.25) is 0 Å². The Morgan fingerprint density at radius 3 is 2.88 bits per heavy atom. The van der Waals surface area contributed by atoms with Gasteiger partial charge in [-0.05, 0) is 42.5 Å². The van der Waals surface area contributed by atoms with Crippen molar-refractivity contribution in [3.05, 3.63) is 53.6 Å². The van der Waals surface area contributed by atoms with E-state index in [1.54, 1.807) is 23.0 Å². The number of amides is 1. The number of nitrogens with one attached hydrogen (secondary N) is 1. The van der Waals surface area contributed by atoms with Gasteiger partial charge in [-0.2, -0.15) is 5.10 Å². The standard InChI is InChI=1S/C18H22FN3O2/c1-22-12-13(11-20-22)4-9-17(23)21-18(16-3-2-10-24-16)14-5-7-15(19)8-6-14/h5-8,11-12,16,18H,2-4,9-10H2,1H3,(H,21,23). The largest absolute Gasteiger partial charge is 0.376 e. The third kappa shape index (κ3) is 4.20. The molecule has 1 aliphatic rings. The fourth-order valence-electron chi connectivity index (χ4n) is 3.03. The minimum absolute atomic E-state index is 0.0383. The monoisotopic (exact) mass is 331 g/mol. The summed E-state index contributed by atoms with van der Waals surface area (Å²) in [5, 5.41) is 7.16. The Balaban J connectivity index is 1.64. The third-order valence-electron chi connectivity index (χ3n) is 4.28. The summed E-state index contributed by atoms with van der Waals surface area (Å²) < 4.78 is 20.6. The number of hydrogen-bond donors (Lipinski definition) is 1. The van der Waals surface area contributed by atoms with Gasteiger partial charge >= 0.3 is 0 Å². The first-order valence-corrected chi connectivity index (χ1v) is 8.26. The van der Waals surface area contributed by atoms with E-state index in [1.165, 1.54) is 12.1 Å². The Hall–Kier alpha value is -2.21. The van der Waals surface area contributed by atoms with Crippen molar-refractivity contribution in [2.75, 3.05) is 6.61 Å². The Labute approximate surface area is 140 Å². The quantitative estimate of drug-likeness (QED) is 0.885. The lowest BCUT2D eigenvalue weighted by atomic mass is 9.99. The molecule has 24 heavy (non-hydrogen) atoms. The van der Waals surface area contributed by atoms with Gasteiger partial charge < -0.3 is 10.1 Å². The molecule has 6 heteroatoms. The molecule has 2 heterocycles. The Kier molecular flexibility index (Phi) is 5.25. The average Bonchev–Trinajstić information content (AvgIpc) is 3.23. The summed E-state index contributed by atoms with van der Waals surface area (Å²) in [5.41, 5.74) is 1.90. The van der Waals surface area contributed by atoms with E-state index in [2.05, 4.69) is 10.4 Å². The topological polar surface area (TPSA) is 56.2 Å². The zero-order valence-electron chi connectivity index (χ0n) is 13.7. The van der Waals surface area contributed by atoms with Crippen LogP contribution in [-0.4, -0.2) is 28.4 Å². The van der Waals surface area contributed by atoms with Crippen molar-refractivity contribution in [1.29, 1.82) is 0 Å². The minimum atomic E-state index is -0.284. The molecule has 1 aromatic heterocycles. The van der Waals surface area contributed by atoms with Crippen LogP contribution in [0.1, 0.15) is 36.4 Å². The van der Waals surface area contributed by atoms with Gasteiger partial charge in [0.1, 0.15) is 5.82 Å². The van der Waals surface area contributed by atoms with E-state index in [0.717, 1.165) is 24.0 Å². The molecule has 3 rings (SSSR count). The van der Waals surface area contributed by atoms with E-state index in [-0.39, 0.29) is 23.9 Å². The number of ether oxygens (including phenoxy) is 1. The number of carbonyl (C=O) groups excluding carboxylic acids is 1. The molecule has 1 amide bonds. The van der Waals surface area contributed by atoms with Crippen molar-refractivity contribution in [2.24, 2.45) is 7.05 Å². The van der Waals surface area contributed by atoms with Crippen molar-refractivity contribution in [1.82, 2.24) is 15.1 Å². The number of carbonyl (C=O) groups is 1. The molecule has 2 unspecified atom stereocenters. The van der Waals surface area contributed by atoms with E-state index in [1.807, 2.05) is 13.2 Å². The molecule has 2 atom stereocenters. The molecule has 0 saturated carbocycles. The fraction of sp³-hybridized carbons (Fsp3) is 0.444. The number of aryl methyl sites for hydroxylation is 2. The number of benzene rings is 1. The van der Waals surface area contributed by atoms with Gasteiger partial charge in [0.05, 0.1) is 18.3 Å². The first-order chi connectivity index (χ1) is 11.6. The summed E-state index contributed by atoms with van der Waals surface area (Å²) in [5.74, 6) is -0.323. The second-order valence-electron chi connectivity index (χ2n) is 6.17. The Bertz CT molecular complexity index is 678. The van der Waals surface area contributed by atoms with Gasteiger partial charge in [-0.15, -0.1) is 0 Å². The second-order valence-corrected chi connectivity index (χ2v) is 6.17. The molecule has 5 nitrogen and oxygen atoms in total. The zero-order valence-corrected chi connectivity index (χ0v) is 13.7. The molecule has 0 bridgehead atoms. The minimum Gasteiger partial charge on any atom is -0.376 e. The lowest BCUT2D eigenvalue weighted by molar-refractivity contribution is -0.122. The van der Waals surface area contributed by atoms with Gasteiger partial charge in [0.15, 0.2) is 0 Å². The van der Waals surface area contributed by atoms with Crippen LogP contribution in [0, 0.1) is 5.82 Å². The Morgan fingerprint density at radius 2 is 2.25 bits per heavy atom. The van der Waals surface area contributed by atoms with Gasteiger partial charge in [-0.25, -0.2) is 4.39 Å². The Morgan fingerprint density at radius 1 is 1.46 bits per heavy atom. The molecule has 1 aliphatic heterocycles. The van der Waals surface area contributed by atoms with Crippen molar-refractivity contribution >= 4 is 5.91 Å². The van der Waals surface area contributed by atoms with Crippen LogP contribution in [0.15, 0.2) is 36.7 Å². The van der Waals surface area contributed by atoms with Crippen molar-refractivity contribution in [3.63, 3.8) is 0 Å². The first-order valence-electron chi connectivity index (χ1n) is 8.26. The van der Waals surface area contributed by atoms with Crippen molar-refractivity contribution < 1.29 is 13.9 Å². The number of halogens is 1. The highest BCUT2D eigenvalue weighted by Crippen LogP contribution is 2.27. The first kappa shape index (κ1) is 16.6. The van der Waals surface area contributed by atoms with Crippen molar-refractivity contribution in [2.45, 2.75) is 37.8 Å². The summed E-state index contributed by atoms with van der Waals surface area (Å²) in [4.78, 5) is 12.4. The maximum Gasteiger partial charge on any atom is 0.220 e. The maximum absolute atomic E-state index is 13.2. The predicted octanol–water partition coefficient (Wildman–Crippen LogP) is 2.53. The highest BCUT2D eigenvalue weighted by molar-refractivity contribution is 5.76. The maximum atomic E-state index is 13.2. The molecule has 1 aromatic carbocycles. The molecule has 1 N–H and O–H groups in total. The van der Waals surface area contributed by atoms with Crippen LogP contribution >= 0.6 is 0 Å². The zero-order chi connectivity index (χ0) is 16.9. The van der Waals surface area contributed by atoms with Crippen LogP contribution in [-0.2, 0) is 23.0 Å². The van der Waals surface area contributed by atoms with Gasteiger partial charge in [-0.1, -0.05) is 12.1 Å². The lowest BCUT2D eigenvalue weighted by Crippen LogP contribution is -2.36. The second kappa shape index (κ2) is 7.57. The van der Waals surface area contributed by atoms with Crippen LogP contribution in [0.4, 0.5) is 4.39 Å². The molecule has 0 spiro atoms. The summed E-state index contributed by atoms with van der Waals surface area (Å²) in [7, 11) is 1.85. The van der Waals surface area contributed by atoms with E-state index < -0.39 is 0 Å². The van der Waals surface area contributed by atoms with Crippen molar-refractivity contribution in [3.8, 4) is 0 Å². The molecular weight excluding hydrogens is 309 g/mol. The van der Waals surface area contributed by atoms with E-state index in [9.17, 15) is 9.18 Å². The summed E-state index contributed by atoms with van der Waals surface area (Å²) in [6.45, 7) is 0.702. The average molecular weight is 331 g/mol. The number of nitrogens with zero attached hydrogens (tertiary/aromatic N) is 2. The lowest BCUT2D eigenvalue weighted by Gasteiger charge is -2.24. The van der Waals surface area contributed by atoms with Crippen LogP contribution in [0.3, 0.4) is 0 Å². The third-order valence-corrected chi connectivity index (χ3v) is 4.28. The van der Waals surface area contributed by atoms with E-state index >= 15 is 0 Å². The van der Waals surface area contributed by atoms with Crippen LogP contribution in [0.25, 0.3) is 0 Å². The fourth-order valence-corrected chi connectivity index (χ4v) is 3.03. The predicted molar refractivity (Wildman–Crippen MR) is 87.8 cm³/mol. The number of rotatable bonds is 6. The summed E-state index contributed by atoms with van der Waals surface area (Å²) >= 11 is 0. The van der Waals surface area contributed by atoms with Gasteiger partial charge in [-0.3, -0.25) is 9.48 Å². The number of aromatic nitrogens is 2. The molecule has 1 saturated heterocycles. The highest BCUT2D eigenvalue weighted by Gasteiger charge is 2.28. The van der Waals surface area contributed by atoms with E-state index in [0.29, 0.717) is 19.4 Å². The molecule has 128 valence electrons. The molecule has 0 aliphatic carbocycles. The summed E-state index contributed by atoms with van der Waals surface area (Å²) in [6.07, 6.45) is 6.52. The van der Waals surface area contributed by atoms with Gasteiger partial charge in [0, 0.05) is 26.3 Å². The molecule has 0 radical (unpaired) electrons. The smallest absolute Gasteiger partial charge is 0.220 e. The molecule has 2 aromatic rings. The van der Waals surface area contributed by atoms with Crippen LogP contribution < -0.4 is 5.32 Å². The van der Waals surface area contributed by atoms with Gasteiger partial charge in [0.2, 0.25) is 5.91 Å². The molecule has 1 fully saturated rings. The van der Waals surface area contributed by atoms with Crippen LogP contribution in [0.5, 0.6) is 0 Å². The number of hydrogen-bond acceptors (Lipinski definition) is 3. The van der Waals surface area contributed by atoms with E-state index in [4.69, 9.17) is 4.74 Å². The normalized spacial score (nSPS) is 18.5. The van der Waals surface area contributed by atoms with Gasteiger partial charge in [0.25, 0.3) is 0 Å². The SMILES string of the molecule is Cn1cc(CCC(=O)NC(c2ccc(F)cc2)C2CCCO2)cn1. The summed E-state index contributed by atoms with van der Waals surface area (Å²) in [6, 6.07) is 6.01. The highest BCUT2D eigenvalue weighted by atomic mass is 19.1. The molecular formula is C18H22FN3O2.